The second kappa shape index (κ2) is 6.21. The quantitative estimate of drug-likeness (QED) is 0.868. The molecule has 1 aromatic rings. The van der Waals surface area contributed by atoms with Gasteiger partial charge in [-0.3, -0.25) is 0 Å². The Kier molecular flexibility index (Phi) is 4.93. The van der Waals surface area contributed by atoms with Crippen LogP contribution in [0.25, 0.3) is 0 Å². The molecule has 1 saturated carbocycles. The summed E-state index contributed by atoms with van der Waals surface area (Å²) in [4.78, 5) is 9.44. The summed E-state index contributed by atoms with van der Waals surface area (Å²) in [5.41, 5.74) is 1.01. The fraction of sp³-hybridized carbons (Fsp3) is 0.750. The van der Waals surface area contributed by atoms with Crippen LogP contribution in [-0.4, -0.2) is 23.6 Å². The van der Waals surface area contributed by atoms with Gasteiger partial charge in [0.15, 0.2) is 5.82 Å². The molecule has 0 radical (unpaired) electrons. The third kappa shape index (κ3) is 3.39. The lowest BCUT2D eigenvalue weighted by Crippen LogP contribution is -2.39. The zero-order valence-corrected chi connectivity index (χ0v) is 15.3. The molecule has 1 aromatic heterocycles. The zero-order valence-electron chi connectivity index (χ0n) is 13.7. The highest BCUT2D eigenvalue weighted by Crippen LogP contribution is 2.47. The van der Waals surface area contributed by atoms with Crippen LogP contribution in [0.2, 0.25) is 0 Å². The number of aromatic nitrogens is 2. The number of hydrogen-bond acceptors (Lipinski definition) is 4. The molecule has 0 aliphatic heterocycles. The van der Waals surface area contributed by atoms with E-state index in [-0.39, 0.29) is 5.60 Å². The monoisotopic (exact) mass is 355 g/mol. The third-order valence-corrected chi connectivity index (χ3v) is 5.44. The molecule has 4 nitrogen and oxygen atoms in total. The first kappa shape index (κ1) is 16.7. The standard InChI is InChI=1S/C16H26BrN3O/c1-6-21-16(9-7-15(3,4)8-10-16)14-19-11(2)12(17)13(18-5)20-14/h6-10H2,1-5H3,(H,18,19,20). The number of ether oxygens (including phenoxy) is 1. The van der Waals surface area contributed by atoms with Crippen LogP contribution in [0.3, 0.4) is 0 Å². The lowest BCUT2D eigenvalue weighted by atomic mass is 9.70. The Morgan fingerprint density at radius 2 is 1.81 bits per heavy atom. The molecule has 0 saturated heterocycles. The van der Waals surface area contributed by atoms with Crippen molar-refractivity contribution < 1.29 is 4.74 Å². The largest absolute Gasteiger partial charge is 0.372 e. The molecule has 1 N–H and O–H groups in total. The van der Waals surface area contributed by atoms with Gasteiger partial charge in [-0.15, -0.1) is 0 Å². The van der Waals surface area contributed by atoms with Gasteiger partial charge in [-0.1, -0.05) is 13.8 Å². The Balaban J connectivity index is 2.41. The maximum absolute atomic E-state index is 6.18. The van der Waals surface area contributed by atoms with Gasteiger partial charge in [0.1, 0.15) is 11.4 Å². The van der Waals surface area contributed by atoms with E-state index in [0.717, 1.165) is 47.5 Å². The maximum Gasteiger partial charge on any atom is 0.162 e. The normalized spacial score (nSPS) is 20.3. The second-order valence-electron chi connectivity index (χ2n) is 6.64. The Labute approximate surface area is 136 Å². The lowest BCUT2D eigenvalue weighted by molar-refractivity contribution is -0.0948. The highest BCUT2D eigenvalue weighted by Gasteiger charge is 2.43. The van der Waals surface area contributed by atoms with E-state index < -0.39 is 0 Å². The summed E-state index contributed by atoms with van der Waals surface area (Å²) in [5, 5.41) is 3.14. The van der Waals surface area contributed by atoms with Crippen LogP contribution < -0.4 is 5.32 Å². The minimum Gasteiger partial charge on any atom is -0.372 e. The van der Waals surface area contributed by atoms with Crippen LogP contribution in [0, 0.1) is 12.3 Å². The molecule has 0 spiro atoms. The molecule has 0 amide bonds. The number of nitrogens with one attached hydrogen (secondary N) is 1. The van der Waals surface area contributed by atoms with Crippen molar-refractivity contribution in [3.8, 4) is 0 Å². The van der Waals surface area contributed by atoms with Crippen molar-refractivity contribution >= 4 is 21.7 Å². The predicted octanol–water partition coefficient (Wildman–Crippen LogP) is 4.42. The van der Waals surface area contributed by atoms with Crippen molar-refractivity contribution in [1.29, 1.82) is 0 Å². The number of anilines is 1. The number of hydrogen-bond donors (Lipinski definition) is 1. The number of rotatable bonds is 4. The molecule has 0 atom stereocenters. The molecular formula is C16H26BrN3O. The minimum atomic E-state index is -0.332. The Bertz CT molecular complexity index is 506. The Hall–Kier alpha value is -0.680. The molecule has 5 heteroatoms. The molecule has 1 fully saturated rings. The first-order valence-corrected chi connectivity index (χ1v) is 8.49. The van der Waals surface area contributed by atoms with E-state index in [1.807, 2.05) is 20.9 Å². The zero-order chi connectivity index (χ0) is 15.7. The predicted molar refractivity (Wildman–Crippen MR) is 89.6 cm³/mol. The van der Waals surface area contributed by atoms with Gasteiger partial charge in [0.25, 0.3) is 0 Å². The van der Waals surface area contributed by atoms with Crippen molar-refractivity contribution in [3.05, 3.63) is 16.0 Å². The highest BCUT2D eigenvalue weighted by molar-refractivity contribution is 9.10. The molecule has 1 aliphatic carbocycles. The van der Waals surface area contributed by atoms with Crippen LogP contribution in [0.4, 0.5) is 5.82 Å². The second-order valence-corrected chi connectivity index (χ2v) is 7.43. The molecule has 1 aliphatic rings. The van der Waals surface area contributed by atoms with E-state index in [4.69, 9.17) is 14.7 Å². The summed E-state index contributed by atoms with van der Waals surface area (Å²) >= 11 is 3.54. The smallest absolute Gasteiger partial charge is 0.162 e. The number of nitrogens with zero attached hydrogens (tertiary/aromatic N) is 2. The Morgan fingerprint density at radius 1 is 1.19 bits per heavy atom. The summed E-state index contributed by atoms with van der Waals surface area (Å²) in [6.45, 7) is 9.40. The molecule has 0 aromatic carbocycles. The first-order chi connectivity index (χ1) is 9.83. The Morgan fingerprint density at radius 3 is 2.33 bits per heavy atom. The molecule has 118 valence electrons. The summed E-state index contributed by atoms with van der Waals surface area (Å²) < 4.78 is 7.10. The highest BCUT2D eigenvalue weighted by atomic mass is 79.9. The van der Waals surface area contributed by atoms with E-state index >= 15 is 0 Å². The van der Waals surface area contributed by atoms with Crippen LogP contribution in [0.1, 0.15) is 58.0 Å². The van der Waals surface area contributed by atoms with Gasteiger partial charge >= 0.3 is 0 Å². The summed E-state index contributed by atoms with van der Waals surface area (Å²) in [5.74, 6) is 1.66. The van der Waals surface area contributed by atoms with Crippen molar-refractivity contribution in [2.45, 2.75) is 59.0 Å². The van der Waals surface area contributed by atoms with Gasteiger partial charge in [-0.05, 0) is 60.9 Å². The molecular weight excluding hydrogens is 330 g/mol. The van der Waals surface area contributed by atoms with Crippen molar-refractivity contribution in [1.82, 2.24) is 9.97 Å². The third-order valence-electron chi connectivity index (χ3n) is 4.49. The van der Waals surface area contributed by atoms with Crippen molar-refractivity contribution in [2.24, 2.45) is 5.41 Å². The van der Waals surface area contributed by atoms with E-state index in [1.54, 1.807) is 0 Å². The van der Waals surface area contributed by atoms with Gasteiger partial charge < -0.3 is 10.1 Å². The number of aryl methyl sites for hydroxylation is 1. The molecule has 2 rings (SSSR count). The van der Waals surface area contributed by atoms with Crippen LogP contribution >= 0.6 is 15.9 Å². The summed E-state index contributed by atoms with van der Waals surface area (Å²) in [6.07, 6.45) is 4.25. The van der Waals surface area contributed by atoms with Crippen LogP contribution in [0.5, 0.6) is 0 Å². The molecule has 1 heterocycles. The lowest BCUT2D eigenvalue weighted by Gasteiger charge is -2.42. The van der Waals surface area contributed by atoms with E-state index in [1.165, 1.54) is 0 Å². The fourth-order valence-corrected chi connectivity index (χ4v) is 3.34. The van der Waals surface area contributed by atoms with Crippen LogP contribution in [0.15, 0.2) is 4.47 Å². The molecule has 0 bridgehead atoms. The average molecular weight is 356 g/mol. The molecule has 0 unspecified atom stereocenters. The van der Waals surface area contributed by atoms with Gasteiger partial charge in [-0.25, -0.2) is 9.97 Å². The average Bonchev–Trinajstić information content (AvgIpc) is 2.44. The SMILES string of the molecule is CCOC1(c2nc(C)c(Br)c(NC)n2)CCC(C)(C)CC1. The number of halogens is 1. The van der Waals surface area contributed by atoms with E-state index in [9.17, 15) is 0 Å². The van der Waals surface area contributed by atoms with Crippen molar-refractivity contribution in [2.75, 3.05) is 19.0 Å². The maximum atomic E-state index is 6.18. The summed E-state index contributed by atoms with van der Waals surface area (Å²) in [6, 6.07) is 0. The van der Waals surface area contributed by atoms with Gasteiger partial charge in [0.2, 0.25) is 0 Å². The van der Waals surface area contributed by atoms with Gasteiger partial charge in [0, 0.05) is 13.7 Å². The van der Waals surface area contributed by atoms with E-state index in [0.29, 0.717) is 12.0 Å². The topological polar surface area (TPSA) is 47.0 Å². The molecule has 21 heavy (non-hydrogen) atoms. The first-order valence-electron chi connectivity index (χ1n) is 7.70. The summed E-state index contributed by atoms with van der Waals surface area (Å²) in [7, 11) is 1.88. The van der Waals surface area contributed by atoms with Gasteiger partial charge in [0.05, 0.1) is 10.2 Å². The minimum absolute atomic E-state index is 0.332. The van der Waals surface area contributed by atoms with Crippen molar-refractivity contribution in [3.63, 3.8) is 0 Å². The van der Waals surface area contributed by atoms with E-state index in [2.05, 4.69) is 35.1 Å². The van der Waals surface area contributed by atoms with Crippen LogP contribution in [-0.2, 0) is 10.3 Å². The van der Waals surface area contributed by atoms with Gasteiger partial charge in [-0.2, -0.15) is 0 Å². The fourth-order valence-electron chi connectivity index (χ4n) is 2.97.